The minimum absolute atomic E-state index is 0.132. The molecule has 0 aliphatic carbocycles. The molecule has 0 spiro atoms. The molecular weight excluding hydrogens is 378 g/mol. The van der Waals surface area contributed by atoms with Crippen molar-refractivity contribution in [2.24, 2.45) is 0 Å². The average molecular weight is 401 g/mol. The fraction of sp³-hybridized carbons (Fsp3) is 0.208. The van der Waals surface area contributed by atoms with Crippen LogP contribution < -0.4 is 10.6 Å². The fourth-order valence-corrected chi connectivity index (χ4v) is 3.81. The molecule has 1 heterocycles. The zero-order valence-corrected chi connectivity index (χ0v) is 16.7. The number of nitrogens with one attached hydrogen (secondary N) is 2. The first-order chi connectivity index (χ1) is 14.5. The number of rotatable bonds is 6. The summed E-state index contributed by atoms with van der Waals surface area (Å²) in [4.78, 5) is 38.9. The highest BCUT2D eigenvalue weighted by atomic mass is 16.2. The van der Waals surface area contributed by atoms with Crippen molar-refractivity contribution >= 4 is 34.3 Å². The third kappa shape index (κ3) is 3.89. The number of nitrogens with zero attached hydrogens (tertiary/aromatic N) is 1. The number of anilines is 1. The lowest BCUT2D eigenvalue weighted by Crippen LogP contribution is -2.34. The number of amides is 4. The van der Waals surface area contributed by atoms with E-state index in [0.29, 0.717) is 0 Å². The van der Waals surface area contributed by atoms with E-state index in [1.165, 1.54) is 4.90 Å². The van der Waals surface area contributed by atoms with Crippen LogP contribution in [0.1, 0.15) is 31.4 Å². The van der Waals surface area contributed by atoms with Gasteiger partial charge in [0.25, 0.3) is 5.91 Å². The van der Waals surface area contributed by atoms with Crippen LogP contribution in [0.4, 0.5) is 10.5 Å². The van der Waals surface area contributed by atoms with Gasteiger partial charge in [0.2, 0.25) is 5.91 Å². The molecule has 3 aromatic carbocycles. The minimum atomic E-state index is -0.693. The van der Waals surface area contributed by atoms with Crippen LogP contribution in [-0.2, 0) is 9.59 Å². The number of urea groups is 1. The highest BCUT2D eigenvalue weighted by Crippen LogP contribution is 2.26. The van der Waals surface area contributed by atoms with Gasteiger partial charge in [-0.05, 0) is 30.4 Å². The molecule has 2 N–H and O–H groups in total. The van der Waals surface area contributed by atoms with E-state index in [4.69, 9.17) is 0 Å². The summed E-state index contributed by atoms with van der Waals surface area (Å²) in [5, 5.41) is 7.63. The van der Waals surface area contributed by atoms with Crippen LogP contribution in [0.2, 0.25) is 0 Å². The minimum Gasteiger partial charge on any atom is -0.326 e. The number of imide groups is 1. The zero-order chi connectivity index (χ0) is 21.1. The van der Waals surface area contributed by atoms with Gasteiger partial charge in [-0.25, -0.2) is 4.79 Å². The van der Waals surface area contributed by atoms with E-state index >= 15 is 0 Å². The van der Waals surface area contributed by atoms with E-state index in [1.807, 2.05) is 79.7 Å². The Hall–Kier alpha value is -3.67. The third-order valence-electron chi connectivity index (χ3n) is 5.45. The molecule has 0 saturated carbocycles. The lowest BCUT2D eigenvalue weighted by molar-refractivity contribution is -0.129. The molecular formula is C24H23N3O3. The predicted octanol–water partition coefficient (Wildman–Crippen LogP) is 4.24. The summed E-state index contributed by atoms with van der Waals surface area (Å²) in [5.41, 5.74) is 1.62. The van der Waals surface area contributed by atoms with E-state index in [1.54, 1.807) is 0 Å². The molecule has 30 heavy (non-hydrogen) atoms. The van der Waals surface area contributed by atoms with Crippen LogP contribution in [-0.4, -0.2) is 28.8 Å². The maximum atomic E-state index is 12.8. The molecule has 1 fully saturated rings. The summed E-state index contributed by atoms with van der Waals surface area (Å²) < 4.78 is 0. The second-order valence-corrected chi connectivity index (χ2v) is 7.41. The monoisotopic (exact) mass is 401 g/mol. The number of benzene rings is 3. The van der Waals surface area contributed by atoms with Crippen LogP contribution in [0.15, 0.2) is 72.8 Å². The second-order valence-electron chi connectivity index (χ2n) is 7.41. The summed E-state index contributed by atoms with van der Waals surface area (Å²) in [6, 6.07) is 21.5. The van der Waals surface area contributed by atoms with Crippen LogP contribution >= 0.6 is 0 Å². The van der Waals surface area contributed by atoms with E-state index in [-0.39, 0.29) is 30.7 Å². The Balaban J connectivity index is 1.38. The Bertz CT molecular complexity index is 1090. The zero-order valence-electron chi connectivity index (χ0n) is 16.7. The average Bonchev–Trinajstić information content (AvgIpc) is 3.05. The maximum absolute atomic E-state index is 12.8. The van der Waals surface area contributed by atoms with Gasteiger partial charge in [0, 0.05) is 17.5 Å². The summed E-state index contributed by atoms with van der Waals surface area (Å²) in [6.07, 6.45) is 0.382. The van der Waals surface area contributed by atoms with Crippen LogP contribution in [0.25, 0.3) is 10.8 Å². The quantitative estimate of drug-likeness (QED) is 0.607. The summed E-state index contributed by atoms with van der Waals surface area (Å²) in [6.45, 7) is 1.82. The van der Waals surface area contributed by atoms with Crippen molar-refractivity contribution in [2.45, 2.75) is 31.8 Å². The van der Waals surface area contributed by atoms with Crippen LogP contribution in [0, 0.1) is 0 Å². The SMILES string of the molecule is C[C@@H](c1ccccc1)N1C(=O)N[C@H](CCC(=O)Nc2cccc3ccccc23)C1=O. The van der Waals surface area contributed by atoms with Gasteiger partial charge in [-0.1, -0.05) is 66.7 Å². The first-order valence-corrected chi connectivity index (χ1v) is 10.0. The molecule has 2 atom stereocenters. The van der Waals surface area contributed by atoms with Crippen molar-refractivity contribution in [3.8, 4) is 0 Å². The van der Waals surface area contributed by atoms with Gasteiger partial charge in [-0.3, -0.25) is 14.5 Å². The van der Waals surface area contributed by atoms with Gasteiger partial charge in [-0.15, -0.1) is 0 Å². The number of carbonyl (C=O) groups is 3. The smallest absolute Gasteiger partial charge is 0.325 e. The Kier molecular flexibility index (Phi) is 5.48. The number of carbonyl (C=O) groups excluding carboxylic acids is 3. The fourth-order valence-electron chi connectivity index (χ4n) is 3.81. The maximum Gasteiger partial charge on any atom is 0.325 e. The van der Waals surface area contributed by atoms with Crippen molar-refractivity contribution in [1.29, 1.82) is 0 Å². The summed E-state index contributed by atoms with van der Waals surface area (Å²) in [7, 11) is 0. The number of hydrogen-bond donors (Lipinski definition) is 2. The molecule has 1 aliphatic rings. The molecule has 1 saturated heterocycles. The molecule has 4 rings (SSSR count). The Morgan fingerprint density at radius 3 is 2.50 bits per heavy atom. The molecule has 152 valence electrons. The molecule has 0 bridgehead atoms. The highest BCUT2D eigenvalue weighted by molar-refractivity contribution is 6.05. The van der Waals surface area contributed by atoms with Crippen molar-refractivity contribution in [3.05, 3.63) is 78.4 Å². The second kappa shape index (κ2) is 8.37. The Morgan fingerprint density at radius 2 is 1.70 bits per heavy atom. The summed E-state index contributed by atoms with van der Waals surface area (Å²) in [5.74, 6) is -0.489. The molecule has 0 radical (unpaired) electrons. The molecule has 6 heteroatoms. The molecule has 4 amide bonds. The van der Waals surface area contributed by atoms with E-state index in [2.05, 4.69) is 10.6 Å². The lowest BCUT2D eigenvalue weighted by Gasteiger charge is -2.21. The highest BCUT2D eigenvalue weighted by Gasteiger charge is 2.40. The van der Waals surface area contributed by atoms with Crippen molar-refractivity contribution < 1.29 is 14.4 Å². The van der Waals surface area contributed by atoms with Crippen molar-refractivity contribution in [1.82, 2.24) is 10.2 Å². The van der Waals surface area contributed by atoms with Gasteiger partial charge in [-0.2, -0.15) is 0 Å². The van der Waals surface area contributed by atoms with E-state index in [9.17, 15) is 14.4 Å². The predicted molar refractivity (Wildman–Crippen MR) is 116 cm³/mol. The lowest BCUT2D eigenvalue weighted by atomic mass is 10.1. The number of fused-ring (bicyclic) bond motifs is 1. The molecule has 0 aromatic heterocycles. The molecule has 3 aromatic rings. The van der Waals surface area contributed by atoms with Gasteiger partial charge in [0.05, 0.1) is 6.04 Å². The molecule has 0 unspecified atom stereocenters. The normalized spacial score (nSPS) is 17.1. The first kappa shape index (κ1) is 19.6. The largest absolute Gasteiger partial charge is 0.326 e. The Labute approximate surface area is 174 Å². The third-order valence-corrected chi connectivity index (χ3v) is 5.45. The van der Waals surface area contributed by atoms with E-state index in [0.717, 1.165) is 22.0 Å². The van der Waals surface area contributed by atoms with Crippen molar-refractivity contribution in [2.75, 3.05) is 5.32 Å². The van der Waals surface area contributed by atoms with Gasteiger partial charge >= 0.3 is 6.03 Å². The van der Waals surface area contributed by atoms with Gasteiger partial charge < -0.3 is 10.6 Å². The Morgan fingerprint density at radius 1 is 1.00 bits per heavy atom. The summed E-state index contributed by atoms with van der Waals surface area (Å²) >= 11 is 0. The van der Waals surface area contributed by atoms with Gasteiger partial charge in [0.15, 0.2) is 0 Å². The van der Waals surface area contributed by atoms with Crippen LogP contribution in [0.5, 0.6) is 0 Å². The molecule has 6 nitrogen and oxygen atoms in total. The van der Waals surface area contributed by atoms with E-state index < -0.39 is 12.1 Å². The van der Waals surface area contributed by atoms with Crippen LogP contribution in [0.3, 0.4) is 0 Å². The van der Waals surface area contributed by atoms with Gasteiger partial charge in [0.1, 0.15) is 6.04 Å². The van der Waals surface area contributed by atoms with Crippen molar-refractivity contribution in [3.63, 3.8) is 0 Å². The standard InChI is InChI=1S/C24H23N3O3/c1-16(17-8-3-2-4-9-17)27-23(29)21(26-24(27)30)14-15-22(28)25-20-13-7-11-18-10-5-6-12-19(18)20/h2-13,16,21H,14-15H2,1H3,(H,25,28)(H,26,30)/t16-,21+/m0/s1. The topological polar surface area (TPSA) is 78.5 Å². The molecule has 1 aliphatic heterocycles. The first-order valence-electron chi connectivity index (χ1n) is 10.0. The number of hydrogen-bond acceptors (Lipinski definition) is 3.